The van der Waals surface area contributed by atoms with Gasteiger partial charge in [0.1, 0.15) is 12.2 Å². The Morgan fingerprint density at radius 1 is 1.27 bits per heavy atom. The summed E-state index contributed by atoms with van der Waals surface area (Å²) < 4.78 is 0. The van der Waals surface area contributed by atoms with Crippen LogP contribution < -0.4 is 0 Å². The lowest BCUT2D eigenvalue weighted by Crippen LogP contribution is -2.61. The topological polar surface area (TPSA) is 98.0 Å². The lowest BCUT2D eigenvalue weighted by molar-refractivity contribution is -0.178. The summed E-state index contributed by atoms with van der Waals surface area (Å²) in [5, 5.41) is 41.7. The molecule has 0 heterocycles. The number of carbonyl (C=O) groups is 1. The molecule has 3 saturated carbocycles. The quantitative estimate of drug-likeness (QED) is 0.556. The first-order chi connectivity index (χ1) is 12.2. The third kappa shape index (κ3) is 2.15. The second-order valence-corrected chi connectivity index (χ2v) is 9.33. The van der Waals surface area contributed by atoms with E-state index in [2.05, 4.69) is 13.0 Å². The van der Waals surface area contributed by atoms with E-state index < -0.39 is 35.6 Å². The van der Waals surface area contributed by atoms with Crippen LogP contribution in [0.3, 0.4) is 0 Å². The second kappa shape index (κ2) is 5.74. The summed E-state index contributed by atoms with van der Waals surface area (Å²) in [4.78, 5) is 12.4. The first kappa shape index (κ1) is 18.4. The lowest BCUT2D eigenvalue weighted by atomic mass is 9.46. The number of ketones is 1. The molecule has 1 unspecified atom stereocenters. The summed E-state index contributed by atoms with van der Waals surface area (Å²) >= 11 is 0. The molecule has 144 valence electrons. The van der Waals surface area contributed by atoms with Crippen molar-refractivity contribution in [1.82, 2.24) is 0 Å². The molecule has 3 fully saturated rings. The monoisotopic (exact) mass is 362 g/mol. The number of aliphatic hydroxyl groups is 4. The summed E-state index contributed by atoms with van der Waals surface area (Å²) in [6, 6.07) is 0. The number of fused-ring (bicyclic) bond motifs is 5. The molecule has 0 radical (unpaired) electrons. The van der Waals surface area contributed by atoms with E-state index >= 15 is 0 Å². The molecule has 0 bridgehead atoms. The van der Waals surface area contributed by atoms with Gasteiger partial charge in [0, 0.05) is 16.7 Å². The molecule has 0 saturated heterocycles. The minimum atomic E-state index is -1.55. The van der Waals surface area contributed by atoms with Gasteiger partial charge in [0.25, 0.3) is 0 Å². The zero-order chi connectivity index (χ0) is 18.9. The highest BCUT2D eigenvalue weighted by atomic mass is 16.3. The van der Waals surface area contributed by atoms with Crippen LogP contribution in [0.4, 0.5) is 0 Å². The number of hydrogen-bond donors (Lipinski definition) is 4. The third-order valence-corrected chi connectivity index (χ3v) is 8.35. The Balaban J connectivity index is 1.74. The smallest absolute Gasteiger partial charge is 0.190 e. The van der Waals surface area contributed by atoms with Crippen LogP contribution in [0, 0.1) is 28.6 Å². The van der Waals surface area contributed by atoms with E-state index in [1.165, 1.54) is 5.57 Å². The fourth-order valence-corrected chi connectivity index (χ4v) is 7.04. The van der Waals surface area contributed by atoms with Gasteiger partial charge in [-0.2, -0.15) is 0 Å². The standard InChI is InChI=1S/C21H30O5/c1-19-7-5-13(23)9-12(19)3-4-14-15-6-8-21(26,17(25)11-22)20(15,2)10-16(24)18(14)19/h5,7,9,13-16,18,22-24,26H,3-4,6,8,10-11H2,1-2H3/t13?,14-,15-,16-,18+,19-,20-,21-/m0/s1. The van der Waals surface area contributed by atoms with Gasteiger partial charge in [-0.1, -0.05) is 37.6 Å². The molecule has 0 amide bonds. The van der Waals surface area contributed by atoms with Gasteiger partial charge >= 0.3 is 0 Å². The summed E-state index contributed by atoms with van der Waals surface area (Å²) in [6.07, 6.45) is 7.80. The summed E-state index contributed by atoms with van der Waals surface area (Å²) in [5.74, 6) is -0.131. The van der Waals surface area contributed by atoms with Gasteiger partial charge < -0.3 is 20.4 Å². The molecule has 8 atom stereocenters. The molecule has 5 heteroatoms. The number of Topliss-reactive ketones (excluding diaryl/α,β-unsaturated/α-hetero) is 1. The van der Waals surface area contributed by atoms with E-state index in [0.29, 0.717) is 12.8 Å². The van der Waals surface area contributed by atoms with Gasteiger partial charge in [-0.05, 0) is 43.9 Å². The Morgan fingerprint density at radius 2 is 2.00 bits per heavy atom. The number of carbonyl (C=O) groups excluding carboxylic acids is 1. The van der Waals surface area contributed by atoms with Crippen molar-refractivity contribution in [2.24, 2.45) is 28.6 Å². The second-order valence-electron chi connectivity index (χ2n) is 9.33. The molecular formula is C21H30O5. The van der Waals surface area contributed by atoms with E-state index in [0.717, 1.165) is 19.3 Å². The Bertz CT molecular complexity index is 684. The minimum absolute atomic E-state index is 0.0240. The first-order valence-electron chi connectivity index (χ1n) is 9.80. The SMILES string of the molecule is C[C@]12C=CC(O)C=C1CC[C@@H]1[C@@H]2[C@@H](O)C[C@@]2(C)[C@H]1CC[C@]2(O)C(=O)CO. The maximum Gasteiger partial charge on any atom is 0.190 e. The Hall–Kier alpha value is -1.01. The first-order valence-corrected chi connectivity index (χ1v) is 9.80. The fraction of sp³-hybridized carbons (Fsp3) is 0.762. The lowest BCUT2D eigenvalue weighted by Gasteiger charge is -2.59. The molecule has 26 heavy (non-hydrogen) atoms. The largest absolute Gasteiger partial charge is 0.393 e. The van der Waals surface area contributed by atoms with E-state index in [1.54, 1.807) is 6.08 Å². The van der Waals surface area contributed by atoms with Crippen molar-refractivity contribution in [1.29, 1.82) is 0 Å². The Labute approximate surface area is 154 Å². The predicted octanol–water partition coefficient (Wildman–Crippen LogP) is 1.35. The Kier molecular flexibility index (Phi) is 4.05. The average molecular weight is 362 g/mol. The maximum atomic E-state index is 12.4. The highest BCUT2D eigenvalue weighted by Crippen LogP contribution is 2.67. The summed E-state index contributed by atoms with van der Waals surface area (Å²) in [5.41, 5.74) is -1.35. The van der Waals surface area contributed by atoms with Crippen molar-refractivity contribution in [3.63, 3.8) is 0 Å². The highest BCUT2D eigenvalue weighted by Gasteiger charge is 2.67. The van der Waals surface area contributed by atoms with E-state index in [4.69, 9.17) is 0 Å². The summed E-state index contributed by atoms with van der Waals surface area (Å²) in [6.45, 7) is 3.41. The minimum Gasteiger partial charge on any atom is -0.393 e. The number of aliphatic hydroxyl groups excluding tert-OH is 3. The van der Waals surface area contributed by atoms with Crippen LogP contribution in [-0.2, 0) is 4.79 Å². The molecule has 5 nitrogen and oxygen atoms in total. The van der Waals surface area contributed by atoms with Crippen molar-refractivity contribution < 1.29 is 25.2 Å². The van der Waals surface area contributed by atoms with E-state index in [-0.39, 0.29) is 23.2 Å². The number of hydrogen-bond acceptors (Lipinski definition) is 5. The van der Waals surface area contributed by atoms with Crippen molar-refractivity contribution >= 4 is 5.78 Å². The molecule has 0 aliphatic heterocycles. The van der Waals surface area contributed by atoms with Crippen LogP contribution in [0.2, 0.25) is 0 Å². The fourth-order valence-electron chi connectivity index (χ4n) is 7.04. The molecule has 4 N–H and O–H groups in total. The van der Waals surface area contributed by atoms with Crippen LogP contribution in [-0.4, -0.2) is 50.6 Å². The maximum absolute atomic E-state index is 12.4. The van der Waals surface area contributed by atoms with Crippen molar-refractivity contribution in [2.45, 2.75) is 63.8 Å². The van der Waals surface area contributed by atoms with Crippen LogP contribution in [0.1, 0.15) is 46.0 Å². The van der Waals surface area contributed by atoms with Crippen LogP contribution >= 0.6 is 0 Å². The molecule has 0 aromatic heterocycles. The van der Waals surface area contributed by atoms with Crippen molar-refractivity contribution in [2.75, 3.05) is 6.61 Å². The highest BCUT2D eigenvalue weighted by molar-refractivity contribution is 5.89. The van der Waals surface area contributed by atoms with Crippen molar-refractivity contribution in [3.8, 4) is 0 Å². The molecule has 4 aliphatic carbocycles. The third-order valence-electron chi connectivity index (χ3n) is 8.35. The van der Waals surface area contributed by atoms with Gasteiger partial charge in [-0.3, -0.25) is 4.79 Å². The van der Waals surface area contributed by atoms with Crippen molar-refractivity contribution in [3.05, 3.63) is 23.8 Å². The summed E-state index contributed by atoms with van der Waals surface area (Å²) in [7, 11) is 0. The molecule has 0 aromatic carbocycles. The van der Waals surface area contributed by atoms with Gasteiger partial charge in [0.05, 0.1) is 12.2 Å². The van der Waals surface area contributed by atoms with Crippen LogP contribution in [0.5, 0.6) is 0 Å². The molecule has 0 spiro atoms. The van der Waals surface area contributed by atoms with Gasteiger partial charge in [-0.25, -0.2) is 0 Å². The Morgan fingerprint density at radius 3 is 2.69 bits per heavy atom. The van der Waals surface area contributed by atoms with E-state index in [9.17, 15) is 25.2 Å². The molecule has 0 aromatic rings. The molecule has 4 aliphatic rings. The molecule has 4 rings (SSSR count). The van der Waals surface area contributed by atoms with E-state index in [1.807, 2.05) is 13.0 Å². The van der Waals surface area contributed by atoms with Crippen LogP contribution in [0.15, 0.2) is 23.8 Å². The normalized spacial score (nSPS) is 52.7. The van der Waals surface area contributed by atoms with Crippen LogP contribution in [0.25, 0.3) is 0 Å². The van der Waals surface area contributed by atoms with Gasteiger partial charge in [-0.15, -0.1) is 0 Å². The van der Waals surface area contributed by atoms with Gasteiger partial charge in [0.15, 0.2) is 5.78 Å². The average Bonchev–Trinajstić information content (AvgIpc) is 2.86. The number of rotatable bonds is 2. The number of allylic oxidation sites excluding steroid dienone is 2. The molecular weight excluding hydrogens is 332 g/mol. The zero-order valence-electron chi connectivity index (χ0n) is 15.6. The van der Waals surface area contributed by atoms with Gasteiger partial charge in [0.2, 0.25) is 0 Å². The zero-order valence-corrected chi connectivity index (χ0v) is 15.6. The predicted molar refractivity (Wildman–Crippen MR) is 96.0 cm³/mol.